The summed E-state index contributed by atoms with van der Waals surface area (Å²) in [4.78, 5) is 26.7. The quantitative estimate of drug-likeness (QED) is 0.795. The van der Waals surface area contributed by atoms with Crippen LogP contribution in [0.5, 0.6) is 0 Å². The molecule has 2 heterocycles. The molecule has 1 N–H and O–H groups in total. The van der Waals surface area contributed by atoms with E-state index in [9.17, 15) is 9.59 Å². The lowest BCUT2D eigenvalue weighted by Gasteiger charge is -2.22. The Morgan fingerprint density at radius 2 is 2.23 bits per heavy atom. The molecule has 0 aliphatic carbocycles. The maximum atomic E-state index is 12.4. The molecule has 0 radical (unpaired) electrons. The van der Waals surface area contributed by atoms with Gasteiger partial charge in [0, 0.05) is 23.7 Å². The van der Waals surface area contributed by atoms with Gasteiger partial charge in [-0.3, -0.25) is 9.59 Å². The number of nitrogens with zero attached hydrogens (tertiary/aromatic N) is 3. The van der Waals surface area contributed by atoms with Gasteiger partial charge in [0.2, 0.25) is 10.9 Å². The molecule has 1 aromatic heterocycles. The second-order valence-electron chi connectivity index (χ2n) is 6.26. The van der Waals surface area contributed by atoms with Gasteiger partial charge in [-0.1, -0.05) is 42.3 Å². The molecule has 1 saturated heterocycles. The molecule has 3 rings (SSSR count). The van der Waals surface area contributed by atoms with E-state index in [1.165, 1.54) is 11.3 Å². The molecule has 1 aliphatic rings. The highest BCUT2D eigenvalue weighted by Gasteiger charge is 2.32. The third kappa shape index (κ3) is 4.40. The van der Waals surface area contributed by atoms with Crippen molar-refractivity contribution in [2.45, 2.75) is 45.1 Å². The van der Waals surface area contributed by atoms with Crippen molar-refractivity contribution in [2.24, 2.45) is 0 Å². The minimum Gasteiger partial charge on any atom is -0.333 e. The second-order valence-corrected chi connectivity index (χ2v) is 7.70. The first-order valence-corrected chi connectivity index (χ1v) is 9.97. The summed E-state index contributed by atoms with van der Waals surface area (Å²) in [7, 11) is 0. The Balaban J connectivity index is 1.68. The minimum absolute atomic E-state index is 0.0652. The maximum absolute atomic E-state index is 12.4. The number of hydrogen-bond donors (Lipinski definition) is 1. The second kappa shape index (κ2) is 8.60. The fraction of sp³-hybridized carbons (Fsp3) is 0.444. The lowest BCUT2D eigenvalue weighted by Crippen LogP contribution is -2.30. The average molecular weight is 393 g/mol. The number of likely N-dealkylation sites (tertiary alicyclic amines) is 1. The van der Waals surface area contributed by atoms with Gasteiger partial charge in [-0.2, -0.15) is 0 Å². The Bertz CT molecular complexity index is 795. The molecule has 138 valence electrons. The molecule has 0 saturated carbocycles. The zero-order valence-electron chi connectivity index (χ0n) is 14.6. The number of unbranched alkanes of at least 4 members (excludes halogenated alkanes) is 1. The molecular formula is C18H21ClN4O2S. The van der Waals surface area contributed by atoms with E-state index in [1.54, 1.807) is 24.3 Å². The number of nitrogens with one attached hydrogen (secondary N) is 1. The van der Waals surface area contributed by atoms with Crippen LogP contribution in [-0.4, -0.2) is 33.5 Å². The van der Waals surface area contributed by atoms with Crippen molar-refractivity contribution in [3.05, 3.63) is 39.3 Å². The Morgan fingerprint density at radius 1 is 1.38 bits per heavy atom. The van der Waals surface area contributed by atoms with Crippen LogP contribution in [0.15, 0.2) is 24.3 Å². The monoisotopic (exact) mass is 392 g/mol. The molecule has 1 fully saturated rings. The predicted molar refractivity (Wildman–Crippen MR) is 103 cm³/mol. The summed E-state index contributed by atoms with van der Waals surface area (Å²) >= 11 is 7.18. The van der Waals surface area contributed by atoms with Crippen LogP contribution in [0.1, 0.15) is 59.9 Å². The Labute approximate surface area is 161 Å². The van der Waals surface area contributed by atoms with Crippen molar-refractivity contribution in [1.82, 2.24) is 15.1 Å². The summed E-state index contributed by atoms with van der Waals surface area (Å²) in [6.07, 6.45) is 4.27. The van der Waals surface area contributed by atoms with Gasteiger partial charge in [-0.15, -0.1) is 10.2 Å². The van der Waals surface area contributed by atoms with Crippen LogP contribution < -0.4 is 5.32 Å². The van der Waals surface area contributed by atoms with Crippen molar-refractivity contribution in [3.63, 3.8) is 0 Å². The number of halogens is 1. The number of carbonyl (C=O) groups is 2. The summed E-state index contributed by atoms with van der Waals surface area (Å²) in [5, 5.41) is 12.5. The van der Waals surface area contributed by atoms with E-state index in [2.05, 4.69) is 22.4 Å². The van der Waals surface area contributed by atoms with Gasteiger partial charge in [0.15, 0.2) is 0 Å². The van der Waals surface area contributed by atoms with Crippen molar-refractivity contribution in [3.8, 4) is 0 Å². The topological polar surface area (TPSA) is 75.2 Å². The van der Waals surface area contributed by atoms with Crippen molar-refractivity contribution < 1.29 is 9.59 Å². The van der Waals surface area contributed by atoms with E-state index in [-0.39, 0.29) is 22.9 Å². The fourth-order valence-electron chi connectivity index (χ4n) is 3.01. The Morgan fingerprint density at radius 3 is 3.00 bits per heavy atom. The smallest absolute Gasteiger partial charge is 0.286 e. The third-order valence-corrected chi connectivity index (χ3v) is 5.58. The molecule has 0 spiro atoms. The summed E-state index contributed by atoms with van der Waals surface area (Å²) in [6, 6.07) is 6.87. The van der Waals surface area contributed by atoms with Crippen molar-refractivity contribution in [1.29, 1.82) is 0 Å². The first-order valence-electron chi connectivity index (χ1n) is 8.78. The summed E-state index contributed by atoms with van der Waals surface area (Å²) in [5.74, 6) is -0.160. The number of rotatable bonds is 6. The zero-order chi connectivity index (χ0) is 18.5. The maximum Gasteiger partial charge on any atom is 0.286 e. The third-order valence-electron chi connectivity index (χ3n) is 4.32. The van der Waals surface area contributed by atoms with E-state index in [0.29, 0.717) is 17.1 Å². The SMILES string of the molecule is CCCCC(=O)N1CCCC1c1nnc(C(=O)Nc2cccc(Cl)c2)s1. The van der Waals surface area contributed by atoms with Crippen LogP contribution in [0.25, 0.3) is 0 Å². The molecule has 2 amide bonds. The molecule has 2 aromatic rings. The van der Waals surface area contributed by atoms with Gasteiger partial charge >= 0.3 is 0 Å². The van der Waals surface area contributed by atoms with Gasteiger partial charge in [-0.05, 0) is 37.5 Å². The largest absolute Gasteiger partial charge is 0.333 e. The van der Waals surface area contributed by atoms with Crippen LogP contribution in [0.3, 0.4) is 0 Å². The highest BCUT2D eigenvalue weighted by atomic mass is 35.5. The molecular weight excluding hydrogens is 372 g/mol. The predicted octanol–water partition coefficient (Wildman–Crippen LogP) is 4.30. The molecule has 6 nitrogen and oxygen atoms in total. The van der Waals surface area contributed by atoms with Gasteiger partial charge < -0.3 is 10.2 Å². The molecule has 1 aromatic carbocycles. The fourth-order valence-corrected chi connectivity index (χ4v) is 4.08. The van der Waals surface area contributed by atoms with Crippen molar-refractivity contribution >= 4 is 40.4 Å². The molecule has 1 aliphatic heterocycles. The summed E-state index contributed by atoms with van der Waals surface area (Å²) in [6.45, 7) is 2.82. The van der Waals surface area contributed by atoms with E-state index in [0.717, 1.165) is 37.2 Å². The van der Waals surface area contributed by atoms with Crippen LogP contribution >= 0.6 is 22.9 Å². The summed E-state index contributed by atoms with van der Waals surface area (Å²) < 4.78 is 0. The number of amides is 2. The van der Waals surface area contributed by atoms with E-state index in [1.807, 2.05) is 4.90 Å². The molecule has 8 heteroatoms. The van der Waals surface area contributed by atoms with E-state index >= 15 is 0 Å². The molecule has 26 heavy (non-hydrogen) atoms. The van der Waals surface area contributed by atoms with Gasteiger partial charge in [0.1, 0.15) is 5.01 Å². The molecule has 1 atom stereocenters. The van der Waals surface area contributed by atoms with Crippen LogP contribution in [-0.2, 0) is 4.79 Å². The van der Waals surface area contributed by atoms with E-state index < -0.39 is 0 Å². The lowest BCUT2D eigenvalue weighted by atomic mass is 10.2. The first kappa shape index (κ1) is 18.8. The van der Waals surface area contributed by atoms with Gasteiger partial charge in [0.05, 0.1) is 6.04 Å². The highest BCUT2D eigenvalue weighted by molar-refractivity contribution is 7.13. The number of aromatic nitrogens is 2. The van der Waals surface area contributed by atoms with Gasteiger partial charge in [-0.25, -0.2) is 0 Å². The van der Waals surface area contributed by atoms with Crippen molar-refractivity contribution in [2.75, 3.05) is 11.9 Å². The average Bonchev–Trinajstić information content (AvgIpc) is 3.28. The zero-order valence-corrected chi connectivity index (χ0v) is 16.1. The van der Waals surface area contributed by atoms with Crippen LogP contribution in [0, 0.1) is 0 Å². The standard InChI is InChI=1S/C18H21ClN4O2S/c1-2-3-9-15(24)23-10-5-8-14(23)17-21-22-18(26-17)16(25)20-13-7-4-6-12(19)11-13/h4,6-7,11,14H,2-3,5,8-10H2,1H3,(H,20,25). The molecule has 0 bridgehead atoms. The normalized spacial score (nSPS) is 16.7. The summed E-state index contributed by atoms with van der Waals surface area (Å²) in [5.41, 5.74) is 0.608. The Kier molecular flexibility index (Phi) is 6.21. The Hall–Kier alpha value is -1.99. The minimum atomic E-state index is -0.321. The number of benzene rings is 1. The highest BCUT2D eigenvalue weighted by Crippen LogP contribution is 2.34. The first-order chi connectivity index (χ1) is 12.6. The lowest BCUT2D eigenvalue weighted by molar-refractivity contribution is -0.132. The molecule has 1 unspecified atom stereocenters. The van der Waals surface area contributed by atoms with Crippen LogP contribution in [0.4, 0.5) is 5.69 Å². The number of anilines is 1. The number of hydrogen-bond acceptors (Lipinski definition) is 5. The van der Waals surface area contributed by atoms with Gasteiger partial charge in [0.25, 0.3) is 5.91 Å². The van der Waals surface area contributed by atoms with Crippen LogP contribution in [0.2, 0.25) is 5.02 Å². The number of carbonyl (C=O) groups excluding carboxylic acids is 2. The van der Waals surface area contributed by atoms with E-state index in [4.69, 9.17) is 11.6 Å².